The minimum absolute atomic E-state index is 0.0605. The molecule has 0 aromatic rings. The first-order chi connectivity index (χ1) is 36.1. The van der Waals surface area contributed by atoms with Gasteiger partial charge in [-0.25, -0.2) is 0 Å². The van der Waals surface area contributed by atoms with Crippen LogP contribution in [-0.4, -0.2) is 142 Å². The molecule has 14 heteroatoms. The van der Waals surface area contributed by atoms with E-state index in [2.05, 4.69) is 38.2 Å². The van der Waals surface area contributed by atoms with Crippen LogP contribution in [0, 0.1) is 0 Å². The van der Waals surface area contributed by atoms with Crippen molar-refractivity contribution in [1.82, 2.24) is 0 Å². The molecule has 436 valence electrons. The van der Waals surface area contributed by atoms with Crippen molar-refractivity contribution < 1.29 is 69.0 Å². The Balaban J connectivity index is 1.69. The second-order valence-electron chi connectivity index (χ2n) is 21.5. The summed E-state index contributed by atoms with van der Waals surface area (Å²) in [7, 11) is 0. The number of aliphatic hydroxyl groups is 7. The summed E-state index contributed by atoms with van der Waals surface area (Å²) in [5, 5.41) is 72.4. The van der Waals surface area contributed by atoms with Gasteiger partial charge in [-0.3, -0.25) is 4.79 Å². The lowest BCUT2D eigenvalue weighted by Crippen LogP contribution is -2.61. The number of ether oxygens (including phenoxy) is 6. The van der Waals surface area contributed by atoms with Gasteiger partial charge in [-0.15, -0.1) is 0 Å². The van der Waals surface area contributed by atoms with Crippen LogP contribution in [0.15, 0.2) is 24.3 Å². The van der Waals surface area contributed by atoms with Crippen LogP contribution in [0.3, 0.4) is 0 Å². The van der Waals surface area contributed by atoms with Crippen LogP contribution in [0.4, 0.5) is 0 Å². The van der Waals surface area contributed by atoms with E-state index < -0.39 is 80.7 Å². The first kappa shape index (κ1) is 68.6. The van der Waals surface area contributed by atoms with Crippen LogP contribution < -0.4 is 0 Å². The van der Waals surface area contributed by atoms with Gasteiger partial charge in [-0.2, -0.15) is 0 Å². The Morgan fingerprint density at radius 2 is 0.797 bits per heavy atom. The van der Waals surface area contributed by atoms with E-state index in [1.54, 1.807) is 0 Å². The molecule has 0 saturated carbocycles. The zero-order chi connectivity index (χ0) is 53.7. The van der Waals surface area contributed by atoms with Crippen molar-refractivity contribution in [1.29, 1.82) is 0 Å². The predicted octanol–water partition coefficient (Wildman–Crippen LogP) is 11.1. The van der Waals surface area contributed by atoms with Gasteiger partial charge in [0.25, 0.3) is 0 Å². The maximum absolute atomic E-state index is 13.1. The smallest absolute Gasteiger partial charge is 0.306 e. The zero-order valence-corrected chi connectivity index (χ0v) is 46.8. The van der Waals surface area contributed by atoms with Gasteiger partial charge in [0.2, 0.25) is 0 Å². The molecule has 0 aromatic carbocycles. The summed E-state index contributed by atoms with van der Waals surface area (Å²) in [5.74, 6) is -0.375. The van der Waals surface area contributed by atoms with Crippen LogP contribution >= 0.6 is 0 Å². The third-order valence-electron chi connectivity index (χ3n) is 14.7. The quantitative estimate of drug-likeness (QED) is 0.0172. The Hall–Kier alpha value is -1.53. The molecule has 14 nitrogen and oxygen atoms in total. The van der Waals surface area contributed by atoms with Gasteiger partial charge in [-0.05, 0) is 64.2 Å². The fraction of sp³-hybridized carbons (Fsp3) is 0.917. The molecule has 2 fully saturated rings. The number of unbranched alkanes of at least 4 members (excludes halogenated alkanes) is 32. The monoisotopic (exact) mass is 1060 g/mol. The third-order valence-corrected chi connectivity index (χ3v) is 14.7. The van der Waals surface area contributed by atoms with Gasteiger partial charge in [0, 0.05) is 13.0 Å². The van der Waals surface area contributed by atoms with Crippen LogP contribution in [0.2, 0.25) is 0 Å². The molecular weight excluding hydrogens is 945 g/mol. The summed E-state index contributed by atoms with van der Waals surface area (Å²) in [6.45, 7) is 3.72. The molecule has 2 aliphatic heterocycles. The number of aliphatic hydroxyl groups excluding tert-OH is 7. The van der Waals surface area contributed by atoms with Crippen LogP contribution in [0.1, 0.15) is 251 Å². The van der Waals surface area contributed by atoms with Crippen molar-refractivity contribution in [3.63, 3.8) is 0 Å². The van der Waals surface area contributed by atoms with Crippen molar-refractivity contribution >= 4 is 5.97 Å². The molecule has 2 rings (SSSR count). The Morgan fingerprint density at radius 1 is 0.432 bits per heavy atom. The molecule has 0 spiro atoms. The number of hydrogen-bond acceptors (Lipinski definition) is 14. The van der Waals surface area contributed by atoms with Crippen LogP contribution in [0.5, 0.6) is 0 Å². The Kier molecular flexibility index (Phi) is 44.0. The molecular formula is C60H112O14. The van der Waals surface area contributed by atoms with E-state index in [1.807, 2.05) is 0 Å². The summed E-state index contributed by atoms with van der Waals surface area (Å²) in [6.07, 6.45) is 38.1. The number of carbonyl (C=O) groups excluding carboxylic acids is 1. The lowest BCUT2D eigenvalue weighted by molar-refractivity contribution is -0.332. The zero-order valence-electron chi connectivity index (χ0n) is 46.8. The molecule has 0 amide bonds. The number of esters is 1. The standard InChI is InChI=1S/C60H112O14/c1-3-5-7-9-11-13-15-17-19-21-22-23-24-25-26-27-29-31-33-35-37-39-41-43-52(62)72-49(46-69-44-42-40-38-36-34-32-30-28-20-18-16-14-12-10-8-6-4-2)47-70-59-58(68)56(66)54(64)51(74-59)48-71-60-57(67)55(65)53(63)50(45-61)73-60/h20-22,28,49-51,53-61,63-68H,3-19,23-27,29-48H2,1-2H3/b22-21-,28-20-. The largest absolute Gasteiger partial charge is 0.457 e. The maximum Gasteiger partial charge on any atom is 0.306 e. The highest BCUT2D eigenvalue weighted by Crippen LogP contribution is 2.27. The van der Waals surface area contributed by atoms with E-state index in [4.69, 9.17) is 28.4 Å². The van der Waals surface area contributed by atoms with Gasteiger partial charge in [0.1, 0.15) is 54.9 Å². The van der Waals surface area contributed by atoms with E-state index in [1.165, 1.54) is 180 Å². The van der Waals surface area contributed by atoms with E-state index in [0.717, 1.165) is 44.9 Å². The van der Waals surface area contributed by atoms with Crippen LogP contribution in [0.25, 0.3) is 0 Å². The van der Waals surface area contributed by atoms with Gasteiger partial charge in [0.05, 0.1) is 26.4 Å². The molecule has 2 saturated heterocycles. The van der Waals surface area contributed by atoms with Crippen molar-refractivity contribution in [2.45, 2.75) is 319 Å². The van der Waals surface area contributed by atoms with Gasteiger partial charge in [-0.1, -0.05) is 205 Å². The second-order valence-corrected chi connectivity index (χ2v) is 21.5. The Morgan fingerprint density at radius 3 is 1.23 bits per heavy atom. The second kappa shape index (κ2) is 47.5. The molecule has 0 bridgehead atoms. The topological polar surface area (TPSA) is 214 Å². The molecule has 11 unspecified atom stereocenters. The average molecular weight is 1060 g/mol. The van der Waals surface area contributed by atoms with Gasteiger partial charge < -0.3 is 64.2 Å². The minimum Gasteiger partial charge on any atom is -0.457 e. The van der Waals surface area contributed by atoms with Gasteiger partial charge >= 0.3 is 5.97 Å². The van der Waals surface area contributed by atoms with E-state index in [0.29, 0.717) is 13.0 Å². The molecule has 2 aliphatic rings. The SMILES string of the molecule is CCCCCCCCC/C=C\CCCCCCCCOCC(COC1OC(COC2OC(CO)C(O)C(O)C2O)C(O)C(O)C1O)OC(=O)CCCCCCCCCCCCC/C=C\CCCCCCCCCC. The molecule has 74 heavy (non-hydrogen) atoms. The summed E-state index contributed by atoms with van der Waals surface area (Å²) in [5.41, 5.74) is 0. The van der Waals surface area contributed by atoms with E-state index in [-0.39, 0.29) is 25.6 Å². The maximum atomic E-state index is 13.1. The van der Waals surface area contributed by atoms with Crippen molar-refractivity contribution in [2.75, 3.05) is 33.0 Å². The number of allylic oxidation sites excluding steroid dienone is 4. The first-order valence-electron chi connectivity index (χ1n) is 30.4. The molecule has 11 atom stereocenters. The summed E-state index contributed by atoms with van der Waals surface area (Å²) in [6, 6.07) is 0. The van der Waals surface area contributed by atoms with Crippen molar-refractivity contribution in [3.05, 3.63) is 24.3 Å². The third kappa shape index (κ3) is 33.7. The Labute approximate surface area is 449 Å². The highest BCUT2D eigenvalue weighted by atomic mass is 16.7. The molecule has 0 radical (unpaired) electrons. The highest BCUT2D eigenvalue weighted by molar-refractivity contribution is 5.69. The molecule has 2 heterocycles. The lowest BCUT2D eigenvalue weighted by Gasteiger charge is -2.42. The predicted molar refractivity (Wildman–Crippen MR) is 294 cm³/mol. The molecule has 0 aromatic heterocycles. The molecule has 0 aliphatic carbocycles. The normalized spacial score (nSPS) is 24.9. The highest BCUT2D eigenvalue weighted by Gasteiger charge is 2.47. The first-order valence-corrected chi connectivity index (χ1v) is 30.4. The summed E-state index contributed by atoms with van der Waals surface area (Å²) >= 11 is 0. The fourth-order valence-electron chi connectivity index (χ4n) is 9.75. The number of carbonyl (C=O) groups is 1. The van der Waals surface area contributed by atoms with E-state index >= 15 is 0 Å². The van der Waals surface area contributed by atoms with Gasteiger partial charge in [0.15, 0.2) is 12.6 Å². The van der Waals surface area contributed by atoms with Crippen LogP contribution in [-0.2, 0) is 33.2 Å². The lowest BCUT2D eigenvalue weighted by atomic mass is 9.98. The van der Waals surface area contributed by atoms with Crippen molar-refractivity contribution in [2.24, 2.45) is 0 Å². The fourth-order valence-corrected chi connectivity index (χ4v) is 9.75. The summed E-state index contributed by atoms with van der Waals surface area (Å²) in [4.78, 5) is 13.1. The summed E-state index contributed by atoms with van der Waals surface area (Å²) < 4.78 is 34.4. The number of rotatable bonds is 50. The minimum atomic E-state index is -1.71. The van der Waals surface area contributed by atoms with Crippen molar-refractivity contribution in [3.8, 4) is 0 Å². The Bertz CT molecular complexity index is 1320. The number of hydrogen-bond donors (Lipinski definition) is 7. The average Bonchev–Trinajstić information content (AvgIpc) is 3.40. The van der Waals surface area contributed by atoms with E-state index in [9.17, 15) is 40.5 Å². The molecule has 7 N–H and O–H groups in total.